The molecule has 0 spiro atoms. The average molecular weight is 1520 g/mol. The molecule has 0 amide bonds. The maximum atomic E-state index is 14.3. The van der Waals surface area contributed by atoms with Crippen molar-refractivity contribution in [1.29, 1.82) is 0 Å². The Bertz CT molecular complexity index is 4700. The van der Waals surface area contributed by atoms with Crippen LogP contribution >= 0.6 is 0 Å². The fourth-order valence-corrected chi connectivity index (χ4v) is 12.0. The molecule has 9 rings (SSSR count). The summed E-state index contributed by atoms with van der Waals surface area (Å²) < 4.78 is 60.1. The third-order valence-electron chi connectivity index (χ3n) is 17.8. The molecule has 0 aromatic heterocycles. The van der Waals surface area contributed by atoms with Gasteiger partial charge in [0.25, 0.3) is 0 Å². The highest BCUT2D eigenvalue weighted by Gasteiger charge is 2.46. The summed E-state index contributed by atoms with van der Waals surface area (Å²) in [6, 6.07) is 46.9. The molecule has 0 unspecified atom stereocenters. The summed E-state index contributed by atoms with van der Waals surface area (Å²) in [7, 11) is 0. The largest absolute Gasteiger partial charge is 0.494 e. The first-order valence-corrected chi connectivity index (χ1v) is 37.6. The summed E-state index contributed by atoms with van der Waals surface area (Å²) in [5, 5.41) is 6.30. The quantitative estimate of drug-likeness (QED) is 0.00652. The van der Waals surface area contributed by atoms with Crippen molar-refractivity contribution in [2.75, 3.05) is 52.9 Å². The maximum absolute atomic E-state index is 14.3. The maximum Gasteiger partial charge on any atom is 0.343 e. The standard InChI is InChI=1S/C48H54O12.C43H40O9/c1-5-41(49)59-27-15-11-9-13-25-57-39-23-21-33-29-37(19-17-35(33)31-39)45(51)43(47(53)55-7-3)44(48(54)56-8-4)46(52)38-20-18-36-32-40(24-22-34(36)30-38)58-26-14-10-12-16-28-60-42(50)6-2;1-4-11-33-28-38(20-21-39(33)52-43(47)35-15-13-32-27-37(50-41(45)6-3)19-17-30(32)25-35)51-42(46)34-14-12-31-26-36(18-16-29(31)24-34)48-22-9-7-8-10-23-49-40(44)5-2/h5-6,17-24,29-32,43-44H,1-2,7-16,25-28H2,3-4H3;5-6,12-21,24-28H,2-4,7-11,22-23H2,1H3/t43-,44+;. The highest BCUT2D eigenvalue weighted by molar-refractivity contribution is 6.20. The first-order valence-electron chi connectivity index (χ1n) is 37.6. The van der Waals surface area contributed by atoms with E-state index in [0.29, 0.717) is 96.7 Å². The van der Waals surface area contributed by atoms with Crippen molar-refractivity contribution in [2.45, 2.75) is 111 Å². The summed E-state index contributed by atoms with van der Waals surface area (Å²) >= 11 is 0. The molecule has 21 nitrogen and oxygen atoms in total. The van der Waals surface area contributed by atoms with Gasteiger partial charge in [0.15, 0.2) is 11.6 Å². The van der Waals surface area contributed by atoms with E-state index >= 15 is 0 Å². The van der Waals surface area contributed by atoms with E-state index in [1.807, 2.05) is 43.3 Å². The zero-order valence-corrected chi connectivity index (χ0v) is 63.5. The van der Waals surface area contributed by atoms with Crippen LogP contribution in [0.15, 0.2) is 214 Å². The SMILES string of the molecule is C=CC(=O)OCCCCCCOc1ccc2cc(C(=O)Oc3ccc(OC(=O)c4ccc5cc(OC(=O)C=C)ccc5c4)c(CCC)c3)ccc2c1.C=CC(=O)OCCCCCCOc1ccc2cc(C(=O)[C@@H](C(=O)OCC)[C@@H](C(=O)OCC)C(=O)c3ccc4cc(OCCCCCCOC(=O)C=C)ccc4c3)ccc2c1. The molecule has 0 aliphatic rings. The number of carbonyl (C=O) groups excluding carboxylic acids is 10. The number of esters is 8. The van der Waals surface area contributed by atoms with Gasteiger partial charge in [0, 0.05) is 35.4 Å². The van der Waals surface area contributed by atoms with Gasteiger partial charge in [-0.2, -0.15) is 0 Å². The monoisotopic (exact) mass is 1520 g/mol. The number of hydrogen-bond donors (Lipinski definition) is 0. The van der Waals surface area contributed by atoms with Gasteiger partial charge in [0.05, 0.1) is 64.0 Å². The number of Topliss-reactive ketones (excluding diaryl/α,β-unsaturated/α-hetero) is 2. The van der Waals surface area contributed by atoms with Crippen LogP contribution < -0.4 is 28.4 Å². The van der Waals surface area contributed by atoms with Crippen molar-refractivity contribution in [1.82, 2.24) is 0 Å². The lowest BCUT2D eigenvalue weighted by molar-refractivity contribution is -0.156. The van der Waals surface area contributed by atoms with E-state index in [2.05, 4.69) is 26.3 Å². The third kappa shape index (κ3) is 26.1. The molecule has 9 aromatic carbocycles. The summed E-state index contributed by atoms with van der Waals surface area (Å²) in [4.78, 5) is 127. The van der Waals surface area contributed by atoms with Gasteiger partial charge in [-0.1, -0.05) is 100 Å². The van der Waals surface area contributed by atoms with Crippen LogP contribution in [0.25, 0.3) is 43.1 Å². The molecular weight excluding hydrogens is 1430 g/mol. The second-order valence-electron chi connectivity index (χ2n) is 25.9. The lowest BCUT2D eigenvalue weighted by Crippen LogP contribution is -2.42. The zero-order valence-electron chi connectivity index (χ0n) is 63.5. The van der Waals surface area contributed by atoms with Gasteiger partial charge in [-0.05, 0) is 249 Å². The number of fused-ring (bicyclic) bond motifs is 4. The molecule has 0 aliphatic carbocycles. The second-order valence-corrected chi connectivity index (χ2v) is 25.9. The van der Waals surface area contributed by atoms with Crippen LogP contribution in [0.1, 0.15) is 151 Å². The van der Waals surface area contributed by atoms with Crippen LogP contribution in [0.2, 0.25) is 0 Å². The number of carbonyl (C=O) groups is 10. The van der Waals surface area contributed by atoms with Gasteiger partial charge in [-0.25, -0.2) is 28.8 Å². The van der Waals surface area contributed by atoms with Crippen LogP contribution in [-0.4, -0.2) is 112 Å². The Morgan fingerprint density at radius 1 is 0.304 bits per heavy atom. The van der Waals surface area contributed by atoms with E-state index in [0.717, 1.165) is 151 Å². The number of ether oxygens (including phenoxy) is 11. The van der Waals surface area contributed by atoms with Gasteiger partial charge < -0.3 is 52.1 Å². The number of rotatable bonds is 44. The number of unbranched alkanes of at least 4 members (excludes halogenated alkanes) is 9. The number of hydrogen-bond acceptors (Lipinski definition) is 21. The third-order valence-corrected chi connectivity index (χ3v) is 17.8. The van der Waals surface area contributed by atoms with Crippen LogP contribution in [0.5, 0.6) is 34.5 Å². The molecule has 0 saturated heterocycles. The van der Waals surface area contributed by atoms with E-state index in [1.54, 1.807) is 141 Å². The van der Waals surface area contributed by atoms with E-state index in [1.165, 1.54) is 0 Å². The fourth-order valence-electron chi connectivity index (χ4n) is 12.0. The van der Waals surface area contributed by atoms with E-state index in [4.69, 9.17) is 52.1 Å². The van der Waals surface area contributed by atoms with Crippen molar-refractivity contribution in [3.63, 3.8) is 0 Å². The minimum atomic E-state index is -1.81. The molecule has 112 heavy (non-hydrogen) atoms. The molecule has 0 aliphatic heterocycles. The Morgan fingerprint density at radius 2 is 0.607 bits per heavy atom. The molecule has 0 saturated carbocycles. The van der Waals surface area contributed by atoms with Gasteiger partial charge in [0.1, 0.15) is 46.3 Å². The lowest BCUT2D eigenvalue weighted by Gasteiger charge is -2.23. The Balaban J connectivity index is 0.000000284. The van der Waals surface area contributed by atoms with Gasteiger partial charge in [0.2, 0.25) is 0 Å². The topological polar surface area (TPSA) is 272 Å². The number of ketones is 2. The van der Waals surface area contributed by atoms with Crippen LogP contribution in [-0.2, 0) is 58.9 Å². The predicted molar refractivity (Wildman–Crippen MR) is 426 cm³/mol. The Morgan fingerprint density at radius 3 is 0.973 bits per heavy atom. The molecule has 2 atom stereocenters. The van der Waals surface area contributed by atoms with Crippen molar-refractivity contribution in [3.05, 3.63) is 242 Å². The molecule has 0 radical (unpaired) electrons. The second kappa shape index (κ2) is 44.8. The van der Waals surface area contributed by atoms with Crippen molar-refractivity contribution in [2.24, 2.45) is 11.8 Å². The Hall–Kier alpha value is -12.5. The first kappa shape index (κ1) is 85.1. The molecule has 21 heteroatoms. The van der Waals surface area contributed by atoms with E-state index in [9.17, 15) is 47.9 Å². The molecular formula is C91H94O21. The molecule has 0 fully saturated rings. The fraction of sp³-hybridized carbons (Fsp3) is 0.297. The van der Waals surface area contributed by atoms with Gasteiger partial charge in [-0.15, -0.1) is 0 Å². The van der Waals surface area contributed by atoms with E-state index < -0.39 is 71.2 Å². The normalized spacial score (nSPS) is 11.3. The first-order chi connectivity index (χ1) is 54.3. The lowest BCUT2D eigenvalue weighted by atomic mass is 9.80. The van der Waals surface area contributed by atoms with Crippen LogP contribution in [0.4, 0.5) is 0 Å². The van der Waals surface area contributed by atoms with Crippen molar-refractivity contribution >= 4 is 102 Å². The zero-order chi connectivity index (χ0) is 80.2. The van der Waals surface area contributed by atoms with Gasteiger partial charge in [-0.3, -0.25) is 19.2 Å². The molecule has 0 heterocycles. The average Bonchev–Trinajstić information content (AvgIpc) is 0.787. The molecule has 584 valence electrons. The predicted octanol–water partition coefficient (Wildman–Crippen LogP) is 17.9. The summed E-state index contributed by atoms with van der Waals surface area (Å²) in [5.41, 5.74) is 1.73. The number of benzene rings is 9. The van der Waals surface area contributed by atoms with E-state index in [-0.39, 0.29) is 24.3 Å². The van der Waals surface area contributed by atoms with Crippen LogP contribution in [0, 0.1) is 11.8 Å². The van der Waals surface area contributed by atoms with Crippen molar-refractivity contribution < 1.29 is 100 Å². The molecule has 9 aromatic rings. The Kier molecular flexibility index (Phi) is 34.1. The van der Waals surface area contributed by atoms with Crippen LogP contribution in [0.3, 0.4) is 0 Å². The summed E-state index contributed by atoms with van der Waals surface area (Å²) in [5.74, 6) is -6.83. The minimum absolute atomic E-state index is 0.0778. The summed E-state index contributed by atoms with van der Waals surface area (Å²) in [6.07, 6.45) is 16.2. The molecule has 0 bridgehead atoms. The van der Waals surface area contributed by atoms with Crippen molar-refractivity contribution in [3.8, 4) is 34.5 Å². The smallest absolute Gasteiger partial charge is 0.343 e. The molecule has 0 N–H and O–H groups in total. The highest BCUT2D eigenvalue weighted by Crippen LogP contribution is 2.33. The highest BCUT2D eigenvalue weighted by atomic mass is 16.6. The Labute approximate surface area is 651 Å². The number of aryl methyl sites for hydroxylation is 1. The van der Waals surface area contributed by atoms with Gasteiger partial charge >= 0.3 is 47.8 Å². The minimum Gasteiger partial charge on any atom is -0.494 e. The summed E-state index contributed by atoms with van der Waals surface area (Å²) in [6.45, 7) is 21.2.